The molecule has 1 heterocycles. The van der Waals surface area contributed by atoms with E-state index >= 15 is 0 Å². The third-order valence-corrected chi connectivity index (χ3v) is 4.68. The van der Waals surface area contributed by atoms with Gasteiger partial charge in [0.2, 0.25) is 0 Å². The second-order valence-electron chi connectivity index (χ2n) is 4.70. The molecule has 1 aromatic heterocycles. The van der Waals surface area contributed by atoms with Crippen LogP contribution in [0.1, 0.15) is 22.2 Å². The van der Waals surface area contributed by atoms with E-state index in [2.05, 4.69) is 0 Å². The fraction of sp³-hybridized carbons (Fsp3) is 0.267. The summed E-state index contributed by atoms with van der Waals surface area (Å²) < 4.78 is 0.632. The molecule has 2 nitrogen and oxygen atoms in total. The van der Waals surface area contributed by atoms with Crippen LogP contribution in [0.15, 0.2) is 36.4 Å². The van der Waals surface area contributed by atoms with Crippen molar-refractivity contribution in [3.63, 3.8) is 0 Å². The van der Waals surface area contributed by atoms with Gasteiger partial charge in [-0.25, -0.2) is 0 Å². The third kappa shape index (κ3) is 3.75. The Hall–Kier alpha value is -1.03. The highest BCUT2D eigenvalue weighted by Gasteiger charge is 2.19. The van der Waals surface area contributed by atoms with E-state index in [0.717, 1.165) is 17.0 Å². The van der Waals surface area contributed by atoms with Gasteiger partial charge in [-0.1, -0.05) is 35.3 Å². The van der Waals surface area contributed by atoms with Crippen molar-refractivity contribution in [1.82, 2.24) is 4.90 Å². The average molecular weight is 328 g/mol. The number of hydrogen-bond donors (Lipinski definition) is 0. The summed E-state index contributed by atoms with van der Waals surface area (Å²) in [4.78, 5) is 14.7. The molecule has 1 amide bonds. The molecule has 0 bridgehead atoms. The highest BCUT2D eigenvalue weighted by molar-refractivity contribution is 7.17. The molecule has 0 saturated heterocycles. The molecular formula is C15H15Cl2NOS. The highest BCUT2D eigenvalue weighted by atomic mass is 35.5. The molecular weight excluding hydrogens is 313 g/mol. The number of nitrogens with zero attached hydrogens (tertiary/aromatic N) is 1. The molecule has 1 atom stereocenters. The quantitative estimate of drug-likeness (QED) is 0.792. The summed E-state index contributed by atoms with van der Waals surface area (Å²) in [7, 11) is 1.82. The van der Waals surface area contributed by atoms with E-state index in [-0.39, 0.29) is 11.9 Å². The predicted molar refractivity (Wildman–Crippen MR) is 86.0 cm³/mol. The predicted octanol–water partition coefficient (Wildman–Crippen LogP) is 4.76. The zero-order chi connectivity index (χ0) is 14.7. The summed E-state index contributed by atoms with van der Waals surface area (Å²) in [6, 6.07) is 11.3. The Morgan fingerprint density at radius 2 is 1.85 bits per heavy atom. The van der Waals surface area contributed by atoms with Crippen LogP contribution in [-0.4, -0.2) is 23.9 Å². The molecule has 20 heavy (non-hydrogen) atoms. The van der Waals surface area contributed by atoms with Gasteiger partial charge in [-0.3, -0.25) is 4.79 Å². The van der Waals surface area contributed by atoms with Crippen LogP contribution in [0, 0.1) is 0 Å². The molecule has 0 aliphatic heterocycles. The Morgan fingerprint density at radius 1 is 1.20 bits per heavy atom. The van der Waals surface area contributed by atoms with Crippen molar-refractivity contribution >= 4 is 40.4 Å². The normalized spacial score (nSPS) is 12.2. The van der Waals surface area contributed by atoms with Crippen LogP contribution >= 0.6 is 34.5 Å². The lowest BCUT2D eigenvalue weighted by atomic mass is 10.1. The fourth-order valence-corrected chi connectivity index (χ4v) is 3.05. The van der Waals surface area contributed by atoms with Crippen LogP contribution in [0.5, 0.6) is 0 Å². The lowest BCUT2D eigenvalue weighted by Crippen LogP contribution is -2.36. The van der Waals surface area contributed by atoms with Crippen molar-refractivity contribution in [1.29, 1.82) is 0 Å². The summed E-state index contributed by atoms with van der Waals surface area (Å²) in [6.07, 6.45) is 0.790. The van der Waals surface area contributed by atoms with Crippen molar-refractivity contribution in [2.24, 2.45) is 0 Å². The monoisotopic (exact) mass is 327 g/mol. The molecule has 2 rings (SSSR count). The van der Waals surface area contributed by atoms with E-state index in [1.165, 1.54) is 11.3 Å². The first-order valence-corrected chi connectivity index (χ1v) is 7.81. The molecule has 0 saturated carbocycles. The molecule has 0 spiro atoms. The van der Waals surface area contributed by atoms with Gasteiger partial charge in [0, 0.05) is 18.1 Å². The van der Waals surface area contributed by atoms with Crippen LogP contribution in [0.3, 0.4) is 0 Å². The zero-order valence-corrected chi connectivity index (χ0v) is 13.6. The molecule has 1 unspecified atom stereocenters. The number of carbonyl (C=O) groups is 1. The molecule has 0 N–H and O–H groups in total. The number of thiophene rings is 1. The Balaban J connectivity index is 2.03. The second-order valence-corrected chi connectivity index (χ2v) is 6.85. The van der Waals surface area contributed by atoms with Crippen molar-refractivity contribution in [3.8, 4) is 0 Å². The summed E-state index contributed by atoms with van der Waals surface area (Å²) >= 11 is 13.0. The number of halogens is 2. The largest absolute Gasteiger partial charge is 0.338 e. The van der Waals surface area contributed by atoms with Crippen molar-refractivity contribution in [2.45, 2.75) is 19.4 Å². The van der Waals surface area contributed by atoms with Crippen LogP contribution in [0.2, 0.25) is 9.36 Å². The standard InChI is InChI=1S/C15H15Cl2NOS/c1-10(9-11-3-5-12(16)6-4-11)18(2)15(19)13-7-8-14(17)20-13/h3-8,10H,9H2,1-2H3. The Kier molecular flexibility index (Phi) is 5.08. The van der Waals surface area contributed by atoms with Gasteiger partial charge in [-0.2, -0.15) is 0 Å². The maximum atomic E-state index is 12.3. The van der Waals surface area contributed by atoms with Crippen LogP contribution in [0.25, 0.3) is 0 Å². The number of rotatable bonds is 4. The van der Waals surface area contributed by atoms with E-state index in [1.807, 2.05) is 38.2 Å². The minimum absolute atomic E-state index is 0.00311. The van der Waals surface area contributed by atoms with Gasteiger partial charge in [0.15, 0.2) is 0 Å². The average Bonchev–Trinajstić information content (AvgIpc) is 2.86. The Labute approximate surface area is 132 Å². The SMILES string of the molecule is CC(Cc1ccc(Cl)cc1)N(C)C(=O)c1ccc(Cl)s1. The number of likely N-dealkylation sites (N-methyl/N-ethyl adjacent to an activating group) is 1. The first-order valence-electron chi connectivity index (χ1n) is 6.24. The van der Waals surface area contributed by atoms with Crippen LogP contribution < -0.4 is 0 Å². The number of benzene rings is 1. The summed E-state index contributed by atoms with van der Waals surface area (Å²) in [5.41, 5.74) is 1.16. The number of carbonyl (C=O) groups excluding carboxylic acids is 1. The van der Waals surface area contributed by atoms with Crippen LogP contribution in [0.4, 0.5) is 0 Å². The van der Waals surface area contributed by atoms with Gasteiger partial charge >= 0.3 is 0 Å². The fourth-order valence-electron chi connectivity index (χ4n) is 1.90. The smallest absolute Gasteiger partial charge is 0.263 e. The molecule has 0 aliphatic carbocycles. The van der Waals surface area contributed by atoms with E-state index in [1.54, 1.807) is 17.0 Å². The number of hydrogen-bond acceptors (Lipinski definition) is 2. The van der Waals surface area contributed by atoms with Gasteiger partial charge in [0.1, 0.15) is 0 Å². The summed E-state index contributed by atoms with van der Waals surface area (Å²) in [5, 5.41) is 0.721. The summed E-state index contributed by atoms with van der Waals surface area (Å²) in [6.45, 7) is 2.03. The second kappa shape index (κ2) is 6.61. The van der Waals surface area contributed by atoms with Crippen molar-refractivity contribution in [2.75, 3.05) is 7.05 Å². The third-order valence-electron chi connectivity index (χ3n) is 3.21. The molecule has 2 aromatic rings. The maximum Gasteiger partial charge on any atom is 0.263 e. The zero-order valence-electron chi connectivity index (χ0n) is 11.3. The lowest BCUT2D eigenvalue weighted by Gasteiger charge is -2.24. The van der Waals surface area contributed by atoms with Crippen molar-refractivity contribution < 1.29 is 4.79 Å². The van der Waals surface area contributed by atoms with E-state index in [4.69, 9.17) is 23.2 Å². The lowest BCUT2D eigenvalue weighted by molar-refractivity contribution is 0.0748. The van der Waals surface area contributed by atoms with Crippen molar-refractivity contribution in [3.05, 3.63) is 56.2 Å². The van der Waals surface area contributed by atoms with Gasteiger partial charge in [0.25, 0.3) is 5.91 Å². The molecule has 0 fully saturated rings. The molecule has 0 aliphatic rings. The first-order chi connectivity index (χ1) is 9.47. The molecule has 1 aromatic carbocycles. The van der Waals surface area contributed by atoms with Gasteiger partial charge in [-0.05, 0) is 43.2 Å². The minimum atomic E-state index is 0.00311. The molecule has 106 valence electrons. The molecule has 5 heteroatoms. The summed E-state index contributed by atoms with van der Waals surface area (Å²) in [5.74, 6) is 0.00311. The van der Waals surface area contributed by atoms with E-state index in [9.17, 15) is 4.79 Å². The number of amides is 1. The maximum absolute atomic E-state index is 12.3. The molecule has 0 radical (unpaired) electrons. The Morgan fingerprint density at radius 3 is 2.40 bits per heavy atom. The Bertz CT molecular complexity index is 594. The van der Waals surface area contributed by atoms with Crippen LogP contribution in [-0.2, 0) is 6.42 Å². The van der Waals surface area contributed by atoms with Gasteiger partial charge in [0.05, 0.1) is 9.21 Å². The first kappa shape index (κ1) is 15.4. The minimum Gasteiger partial charge on any atom is -0.338 e. The van der Waals surface area contributed by atoms with E-state index < -0.39 is 0 Å². The van der Waals surface area contributed by atoms with E-state index in [0.29, 0.717) is 9.21 Å². The van der Waals surface area contributed by atoms with Gasteiger partial charge in [-0.15, -0.1) is 11.3 Å². The highest BCUT2D eigenvalue weighted by Crippen LogP contribution is 2.23. The topological polar surface area (TPSA) is 20.3 Å². The van der Waals surface area contributed by atoms with Gasteiger partial charge < -0.3 is 4.90 Å².